The van der Waals surface area contributed by atoms with Crippen LogP contribution in [0.1, 0.15) is 27.7 Å². The molecule has 0 aliphatic carbocycles. The van der Waals surface area contributed by atoms with E-state index in [4.69, 9.17) is 10.9 Å². The molecule has 0 spiro atoms. The van der Waals surface area contributed by atoms with Crippen molar-refractivity contribution in [1.82, 2.24) is 10.2 Å². The van der Waals surface area contributed by atoms with E-state index in [9.17, 15) is 4.79 Å². The van der Waals surface area contributed by atoms with Crippen LogP contribution in [0.3, 0.4) is 0 Å². The van der Waals surface area contributed by atoms with Crippen molar-refractivity contribution in [2.45, 2.75) is 27.7 Å². The fraction of sp³-hybridized carbons (Fsp3) is 0.800. The van der Waals surface area contributed by atoms with Crippen LogP contribution in [-0.4, -0.2) is 41.6 Å². The number of hydrogen-bond acceptors (Lipinski definition) is 3. The highest BCUT2D eigenvalue weighted by atomic mass is 16.4. The molecule has 4 N–H and O–H groups in total. The van der Waals surface area contributed by atoms with Crippen molar-refractivity contribution < 1.29 is 10.0 Å². The van der Waals surface area contributed by atoms with Gasteiger partial charge in [0.05, 0.1) is 0 Å². The molecule has 0 aromatic heterocycles. The Balaban J connectivity index is 4.29. The predicted molar refractivity (Wildman–Crippen MR) is 63.5 cm³/mol. The van der Waals surface area contributed by atoms with Crippen molar-refractivity contribution in [3.05, 3.63) is 0 Å². The largest absolute Gasteiger partial charge is 0.409 e. The molecule has 0 fully saturated rings. The van der Waals surface area contributed by atoms with Crippen molar-refractivity contribution >= 4 is 11.9 Å². The number of carbonyl (C=O) groups is 1. The van der Waals surface area contributed by atoms with Gasteiger partial charge in [-0.2, -0.15) is 0 Å². The molecule has 6 heteroatoms. The summed E-state index contributed by atoms with van der Waals surface area (Å²) >= 11 is 0. The maximum Gasteiger partial charge on any atom is 0.317 e. The van der Waals surface area contributed by atoms with E-state index in [0.717, 1.165) is 0 Å². The number of hydrogen-bond donors (Lipinski definition) is 3. The van der Waals surface area contributed by atoms with Crippen LogP contribution in [0.25, 0.3) is 0 Å². The first-order valence-corrected chi connectivity index (χ1v) is 5.39. The van der Waals surface area contributed by atoms with Crippen LogP contribution in [0.4, 0.5) is 4.79 Å². The second-order valence-corrected chi connectivity index (χ2v) is 4.20. The minimum atomic E-state index is -0.558. The zero-order valence-electron chi connectivity index (χ0n) is 10.4. The van der Waals surface area contributed by atoms with Gasteiger partial charge in [0.1, 0.15) is 5.84 Å². The lowest BCUT2D eigenvalue weighted by Crippen LogP contribution is -2.47. The van der Waals surface area contributed by atoms with E-state index < -0.39 is 5.41 Å². The van der Waals surface area contributed by atoms with Gasteiger partial charge in [0.2, 0.25) is 0 Å². The SMILES string of the molecule is CCN(CC)C(=O)NCC(C)(C)C(N)=NO. The van der Waals surface area contributed by atoms with E-state index in [1.54, 1.807) is 18.7 Å². The highest BCUT2D eigenvalue weighted by Gasteiger charge is 2.24. The van der Waals surface area contributed by atoms with Crippen LogP contribution in [0.2, 0.25) is 0 Å². The molecule has 0 radical (unpaired) electrons. The number of nitrogens with two attached hydrogens (primary N) is 1. The number of amides is 2. The van der Waals surface area contributed by atoms with Crippen molar-refractivity contribution in [3.63, 3.8) is 0 Å². The molecule has 0 atom stereocenters. The number of rotatable bonds is 5. The zero-order valence-corrected chi connectivity index (χ0v) is 10.4. The van der Waals surface area contributed by atoms with Gasteiger partial charge in [-0.05, 0) is 13.8 Å². The molecule has 0 aliphatic rings. The Labute approximate surface area is 96.5 Å². The summed E-state index contributed by atoms with van der Waals surface area (Å²) in [5.74, 6) is 0.104. The third-order valence-corrected chi connectivity index (χ3v) is 2.53. The second kappa shape index (κ2) is 6.19. The molecule has 0 aliphatic heterocycles. The molecule has 0 aromatic carbocycles. The Morgan fingerprint density at radius 1 is 1.44 bits per heavy atom. The number of nitrogens with one attached hydrogen (secondary N) is 1. The monoisotopic (exact) mass is 230 g/mol. The molecule has 2 amide bonds. The Morgan fingerprint density at radius 2 is 1.94 bits per heavy atom. The first-order valence-electron chi connectivity index (χ1n) is 5.39. The molecule has 0 saturated carbocycles. The third-order valence-electron chi connectivity index (χ3n) is 2.53. The van der Waals surface area contributed by atoms with Crippen LogP contribution in [0.5, 0.6) is 0 Å². The number of urea groups is 1. The molecule has 0 saturated heterocycles. The fourth-order valence-corrected chi connectivity index (χ4v) is 1.15. The quantitative estimate of drug-likeness (QED) is 0.282. The van der Waals surface area contributed by atoms with Crippen molar-refractivity contribution in [2.24, 2.45) is 16.3 Å². The van der Waals surface area contributed by atoms with Gasteiger partial charge >= 0.3 is 6.03 Å². The van der Waals surface area contributed by atoms with Gasteiger partial charge in [-0.3, -0.25) is 0 Å². The smallest absolute Gasteiger partial charge is 0.317 e. The van der Waals surface area contributed by atoms with Gasteiger partial charge in [-0.15, -0.1) is 0 Å². The molecule has 94 valence electrons. The van der Waals surface area contributed by atoms with Crippen LogP contribution in [0.15, 0.2) is 5.16 Å². The fourth-order valence-electron chi connectivity index (χ4n) is 1.15. The molecular weight excluding hydrogens is 208 g/mol. The summed E-state index contributed by atoms with van der Waals surface area (Å²) in [5, 5.41) is 14.3. The first kappa shape index (κ1) is 14.5. The summed E-state index contributed by atoms with van der Waals surface area (Å²) in [7, 11) is 0. The van der Waals surface area contributed by atoms with Crippen LogP contribution >= 0.6 is 0 Å². The molecule has 0 heterocycles. The van der Waals surface area contributed by atoms with E-state index in [0.29, 0.717) is 19.6 Å². The average molecular weight is 230 g/mol. The van der Waals surface area contributed by atoms with Crippen LogP contribution in [0, 0.1) is 5.41 Å². The molecule has 16 heavy (non-hydrogen) atoms. The standard InChI is InChI=1S/C10H22N4O2/c1-5-14(6-2)9(15)12-7-10(3,4)8(11)13-16/h16H,5-7H2,1-4H3,(H2,11,13)(H,12,15). The van der Waals surface area contributed by atoms with Crippen molar-refractivity contribution in [3.8, 4) is 0 Å². The summed E-state index contributed by atoms with van der Waals surface area (Å²) in [6.45, 7) is 9.07. The molecule has 0 rings (SSSR count). The summed E-state index contributed by atoms with van der Waals surface area (Å²) in [6.07, 6.45) is 0. The van der Waals surface area contributed by atoms with E-state index >= 15 is 0 Å². The second-order valence-electron chi connectivity index (χ2n) is 4.20. The van der Waals surface area contributed by atoms with Crippen LogP contribution < -0.4 is 11.1 Å². The highest BCUT2D eigenvalue weighted by molar-refractivity contribution is 5.86. The number of oxime groups is 1. The van der Waals surface area contributed by atoms with Gasteiger partial charge in [-0.25, -0.2) is 4.79 Å². The van der Waals surface area contributed by atoms with E-state index in [-0.39, 0.29) is 11.9 Å². The van der Waals surface area contributed by atoms with Gasteiger partial charge in [0.15, 0.2) is 0 Å². The normalized spacial score (nSPS) is 12.4. The average Bonchev–Trinajstić information content (AvgIpc) is 2.27. The Bertz CT molecular complexity index is 260. The first-order chi connectivity index (χ1) is 7.38. The van der Waals surface area contributed by atoms with Gasteiger partial charge < -0.3 is 21.2 Å². The minimum Gasteiger partial charge on any atom is -0.409 e. The lowest BCUT2D eigenvalue weighted by Gasteiger charge is -2.26. The van der Waals surface area contributed by atoms with E-state index in [1.807, 2.05) is 13.8 Å². The molecular formula is C10H22N4O2. The van der Waals surface area contributed by atoms with Crippen molar-refractivity contribution in [1.29, 1.82) is 0 Å². The topological polar surface area (TPSA) is 91.0 Å². The predicted octanol–water partition coefficient (Wildman–Crippen LogP) is 0.810. The molecule has 0 unspecified atom stereocenters. The molecule has 0 aromatic rings. The lowest BCUT2D eigenvalue weighted by atomic mass is 9.92. The van der Waals surface area contributed by atoms with Gasteiger partial charge in [0, 0.05) is 25.0 Å². The van der Waals surface area contributed by atoms with Crippen molar-refractivity contribution in [2.75, 3.05) is 19.6 Å². The maximum atomic E-state index is 11.6. The minimum absolute atomic E-state index is 0.104. The van der Waals surface area contributed by atoms with E-state index in [1.165, 1.54) is 0 Å². The summed E-state index contributed by atoms with van der Waals surface area (Å²) in [5.41, 5.74) is 4.96. The van der Waals surface area contributed by atoms with E-state index in [2.05, 4.69) is 10.5 Å². The Kier molecular flexibility index (Phi) is 5.63. The summed E-state index contributed by atoms with van der Waals surface area (Å²) in [6, 6.07) is -0.135. The Morgan fingerprint density at radius 3 is 2.31 bits per heavy atom. The lowest BCUT2D eigenvalue weighted by molar-refractivity contribution is 0.200. The maximum absolute atomic E-state index is 11.6. The number of amidine groups is 1. The highest BCUT2D eigenvalue weighted by Crippen LogP contribution is 2.13. The third kappa shape index (κ3) is 3.96. The number of nitrogens with zero attached hydrogens (tertiary/aromatic N) is 2. The summed E-state index contributed by atoms with van der Waals surface area (Å²) in [4.78, 5) is 13.3. The van der Waals surface area contributed by atoms with Gasteiger partial charge in [-0.1, -0.05) is 19.0 Å². The summed E-state index contributed by atoms with van der Waals surface area (Å²) < 4.78 is 0. The molecule has 0 bridgehead atoms. The van der Waals surface area contributed by atoms with Crippen LogP contribution in [-0.2, 0) is 0 Å². The van der Waals surface area contributed by atoms with Gasteiger partial charge in [0.25, 0.3) is 0 Å². The zero-order chi connectivity index (χ0) is 12.8. The molecule has 6 nitrogen and oxygen atoms in total. The number of carbonyl (C=O) groups excluding carboxylic acids is 1. The Hall–Kier alpha value is -1.46.